The van der Waals surface area contributed by atoms with E-state index in [0.717, 1.165) is 21.3 Å². The van der Waals surface area contributed by atoms with Gasteiger partial charge in [0.25, 0.3) is 5.56 Å². The number of hydrogen-bond acceptors (Lipinski definition) is 6. The van der Waals surface area contributed by atoms with Gasteiger partial charge >= 0.3 is 5.97 Å². The summed E-state index contributed by atoms with van der Waals surface area (Å²) >= 11 is 0. The summed E-state index contributed by atoms with van der Waals surface area (Å²) in [6.07, 6.45) is 3.03. The number of ether oxygens (including phenoxy) is 1. The van der Waals surface area contributed by atoms with Gasteiger partial charge < -0.3 is 13.7 Å². The molecule has 0 amide bonds. The second-order valence-corrected chi connectivity index (χ2v) is 7.22. The fourth-order valence-electron chi connectivity index (χ4n) is 3.63. The van der Waals surface area contributed by atoms with Gasteiger partial charge in [0.05, 0.1) is 6.33 Å². The third-order valence-electron chi connectivity index (χ3n) is 5.20. The summed E-state index contributed by atoms with van der Waals surface area (Å²) in [5.41, 5.74) is 2.77. The number of hydrogen-bond donors (Lipinski definition) is 0. The molecule has 0 N–H and O–H groups in total. The van der Waals surface area contributed by atoms with Gasteiger partial charge in [-0.05, 0) is 32.0 Å². The number of carbonyl (C=O) groups excluding carboxylic acids is 2. The molecule has 0 unspecified atom stereocenters. The van der Waals surface area contributed by atoms with Crippen molar-refractivity contribution in [2.24, 2.45) is 0 Å². The molecule has 0 aliphatic rings. The van der Waals surface area contributed by atoms with Crippen molar-refractivity contribution in [2.45, 2.75) is 26.9 Å². The highest BCUT2D eigenvalue weighted by atomic mass is 16.5. The van der Waals surface area contributed by atoms with Crippen LogP contribution in [0.25, 0.3) is 22.1 Å². The Hall–Kier alpha value is -3.94. The molecular formula is C23H21N3O5. The lowest BCUT2D eigenvalue weighted by atomic mass is 10.1. The number of nitrogens with zero attached hydrogens (tertiary/aromatic N) is 3. The minimum atomic E-state index is -0.715. The summed E-state index contributed by atoms with van der Waals surface area (Å²) in [5, 5.41) is 0.726. The number of Topliss-reactive ketones (excluding diaryl/α,β-unsaturated/α-hetero) is 1. The van der Waals surface area contributed by atoms with Crippen LogP contribution in [0, 0.1) is 13.8 Å². The lowest BCUT2D eigenvalue weighted by Gasteiger charge is -2.07. The maximum atomic E-state index is 12.7. The van der Waals surface area contributed by atoms with Gasteiger partial charge in [-0.1, -0.05) is 18.2 Å². The van der Waals surface area contributed by atoms with E-state index in [2.05, 4.69) is 11.6 Å². The third-order valence-corrected chi connectivity index (χ3v) is 5.20. The minimum absolute atomic E-state index is 0.0715. The number of esters is 1. The highest BCUT2D eigenvalue weighted by Crippen LogP contribution is 2.24. The molecule has 3 aromatic heterocycles. The van der Waals surface area contributed by atoms with Gasteiger partial charge in [-0.25, -0.2) is 4.98 Å². The maximum absolute atomic E-state index is 12.7. The van der Waals surface area contributed by atoms with E-state index in [9.17, 15) is 14.4 Å². The minimum Gasteiger partial charge on any atom is -0.456 e. The zero-order valence-corrected chi connectivity index (χ0v) is 17.3. The van der Waals surface area contributed by atoms with E-state index in [1.165, 1.54) is 6.33 Å². The maximum Gasteiger partial charge on any atom is 0.326 e. The van der Waals surface area contributed by atoms with Gasteiger partial charge in [-0.2, -0.15) is 0 Å². The molecule has 0 fully saturated rings. The van der Waals surface area contributed by atoms with Crippen molar-refractivity contribution >= 4 is 33.8 Å². The van der Waals surface area contributed by atoms with E-state index in [4.69, 9.17) is 9.15 Å². The van der Waals surface area contributed by atoms with Gasteiger partial charge in [0.15, 0.2) is 6.61 Å². The summed E-state index contributed by atoms with van der Waals surface area (Å²) in [5.74, 6) is -1.03. The molecule has 0 bridgehead atoms. The Morgan fingerprint density at radius 1 is 1.26 bits per heavy atom. The van der Waals surface area contributed by atoms with Crippen LogP contribution in [-0.4, -0.2) is 32.5 Å². The molecule has 8 nitrogen and oxygen atoms in total. The SMILES string of the molecule is C=CCn1c(C)cc(C(=O)COC(=O)Cn2cnc3c(oc4ccccc43)c2=O)c1C. The van der Waals surface area contributed by atoms with Crippen molar-refractivity contribution in [1.82, 2.24) is 14.1 Å². The largest absolute Gasteiger partial charge is 0.456 e. The lowest BCUT2D eigenvalue weighted by Crippen LogP contribution is -2.26. The molecule has 4 aromatic rings. The number of aryl methyl sites for hydroxylation is 1. The van der Waals surface area contributed by atoms with Crippen LogP contribution in [0.5, 0.6) is 0 Å². The summed E-state index contributed by atoms with van der Waals surface area (Å²) in [4.78, 5) is 41.7. The van der Waals surface area contributed by atoms with Gasteiger partial charge in [0.2, 0.25) is 11.4 Å². The fraction of sp³-hybridized carbons (Fsp3) is 0.217. The molecule has 1 aromatic carbocycles. The Morgan fingerprint density at radius 2 is 2.03 bits per heavy atom. The van der Waals surface area contributed by atoms with E-state index >= 15 is 0 Å². The predicted molar refractivity (Wildman–Crippen MR) is 115 cm³/mol. The first-order valence-corrected chi connectivity index (χ1v) is 9.74. The molecule has 31 heavy (non-hydrogen) atoms. The van der Waals surface area contributed by atoms with E-state index in [0.29, 0.717) is 23.2 Å². The van der Waals surface area contributed by atoms with E-state index in [1.54, 1.807) is 24.3 Å². The number of carbonyl (C=O) groups is 2. The second-order valence-electron chi connectivity index (χ2n) is 7.22. The van der Waals surface area contributed by atoms with Crippen molar-refractivity contribution in [1.29, 1.82) is 0 Å². The predicted octanol–water partition coefficient (Wildman–Crippen LogP) is 3.17. The fourth-order valence-corrected chi connectivity index (χ4v) is 3.63. The normalized spacial score (nSPS) is 11.2. The molecule has 0 aliphatic heterocycles. The number of aromatic nitrogens is 3. The molecule has 0 saturated carbocycles. The zero-order chi connectivity index (χ0) is 22.1. The molecule has 0 spiro atoms. The highest BCUT2D eigenvalue weighted by Gasteiger charge is 2.18. The number of para-hydroxylation sites is 1. The lowest BCUT2D eigenvalue weighted by molar-refractivity contribution is -0.143. The average molecular weight is 419 g/mol. The van der Waals surface area contributed by atoms with Crippen molar-refractivity contribution in [3.63, 3.8) is 0 Å². The van der Waals surface area contributed by atoms with E-state index in [1.807, 2.05) is 30.5 Å². The second kappa shape index (κ2) is 8.06. The van der Waals surface area contributed by atoms with Crippen molar-refractivity contribution in [3.05, 3.63) is 76.6 Å². The molecule has 0 aliphatic carbocycles. The Kier molecular flexibility index (Phi) is 5.29. The molecule has 0 radical (unpaired) electrons. The van der Waals surface area contributed by atoms with Crippen LogP contribution in [-0.2, 0) is 22.6 Å². The molecule has 8 heteroatoms. The number of rotatable bonds is 7. The van der Waals surface area contributed by atoms with Crippen molar-refractivity contribution in [2.75, 3.05) is 6.61 Å². The van der Waals surface area contributed by atoms with Crippen LogP contribution in [0.3, 0.4) is 0 Å². The Bertz CT molecular complexity index is 1390. The summed E-state index contributed by atoms with van der Waals surface area (Å²) in [6.45, 7) is 7.25. The van der Waals surface area contributed by atoms with Gasteiger partial charge in [0.1, 0.15) is 17.6 Å². The smallest absolute Gasteiger partial charge is 0.326 e. The Labute approximate surface area is 177 Å². The van der Waals surface area contributed by atoms with Crippen LogP contribution in [0.1, 0.15) is 21.7 Å². The molecule has 4 rings (SSSR count). The number of ketones is 1. The number of furan rings is 1. The van der Waals surface area contributed by atoms with Crippen LogP contribution < -0.4 is 5.56 Å². The first kappa shape index (κ1) is 20.3. The van der Waals surface area contributed by atoms with Gasteiger partial charge in [-0.15, -0.1) is 6.58 Å². The quantitative estimate of drug-likeness (QED) is 0.259. The average Bonchev–Trinajstić information content (AvgIpc) is 3.27. The van der Waals surface area contributed by atoms with Crippen molar-refractivity contribution < 1.29 is 18.7 Å². The first-order valence-electron chi connectivity index (χ1n) is 9.74. The summed E-state index contributed by atoms with van der Waals surface area (Å²) in [6, 6.07) is 8.94. The van der Waals surface area contributed by atoms with Crippen LogP contribution in [0.2, 0.25) is 0 Å². The van der Waals surface area contributed by atoms with Gasteiger partial charge in [-0.3, -0.25) is 19.0 Å². The van der Waals surface area contributed by atoms with Crippen molar-refractivity contribution in [3.8, 4) is 0 Å². The van der Waals surface area contributed by atoms with Crippen LogP contribution >= 0.6 is 0 Å². The Balaban J connectivity index is 1.47. The molecule has 0 saturated heterocycles. The monoisotopic (exact) mass is 419 g/mol. The number of fused-ring (bicyclic) bond motifs is 3. The van der Waals surface area contributed by atoms with E-state index < -0.39 is 18.1 Å². The Morgan fingerprint density at radius 3 is 2.81 bits per heavy atom. The highest BCUT2D eigenvalue weighted by molar-refractivity contribution is 6.02. The molecular weight excluding hydrogens is 398 g/mol. The molecule has 0 atom stereocenters. The van der Waals surface area contributed by atoms with Gasteiger partial charge in [0, 0.05) is 28.9 Å². The standard InChI is InChI=1S/C23H21N3O5/c1-4-9-26-14(2)10-17(15(26)3)18(27)12-30-20(28)11-25-13-24-21-16-7-5-6-8-19(16)31-22(21)23(25)29/h4-8,10,13H,1,9,11-12H2,2-3H3. The number of allylic oxidation sites excluding steroid dienone is 1. The molecule has 158 valence electrons. The summed E-state index contributed by atoms with van der Waals surface area (Å²) in [7, 11) is 0. The first-order chi connectivity index (χ1) is 14.9. The van der Waals surface area contributed by atoms with E-state index in [-0.39, 0.29) is 17.9 Å². The zero-order valence-electron chi connectivity index (χ0n) is 17.3. The van der Waals surface area contributed by atoms with Crippen LogP contribution in [0.4, 0.5) is 0 Å². The number of benzene rings is 1. The topological polar surface area (TPSA) is 96.3 Å². The van der Waals surface area contributed by atoms with Crippen LogP contribution in [0.15, 0.2) is 58.5 Å². The molecule has 3 heterocycles. The summed E-state index contributed by atoms with van der Waals surface area (Å²) < 4.78 is 13.8. The third kappa shape index (κ3) is 3.68.